The summed E-state index contributed by atoms with van der Waals surface area (Å²) in [6.07, 6.45) is 100. The van der Waals surface area contributed by atoms with Gasteiger partial charge in [0.1, 0.15) is 25.4 Å². The minimum absolute atomic E-state index is 0.0878. The summed E-state index contributed by atoms with van der Waals surface area (Å²) in [5.74, 6) is -1.59. The molecule has 0 aromatic heterocycles. The van der Waals surface area contributed by atoms with Crippen LogP contribution in [0, 0.1) is 0 Å². The van der Waals surface area contributed by atoms with Crippen molar-refractivity contribution in [3.8, 4) is 0 Å². The van der Waals surface area contributed by atoms with E-state index in [0.717, 1.165) is 180 Å². The van der Waals surface area contributed by atoms with Gasteiger partial charge in [-0.3, -0.25) is 32.5 Å². The lowest BCUT2D eigenvalue weighted by atomic mass is 10.0. The Kier molecular flexibility index (Phi) is 77.5. The van der Waals surface area contributed by atoms with Gasteiger partial charge >= 0.3 is 33.6 Å². The Morgan fingerprint density at radius 2 is 0.495 bits per heavy atom. The summed E-state index contributed by atoms with van der Waals surface area (Å²) >= 11 is 0. The molecule has 5 atom stereocenters. The van der Waals surface area contributed by atoms with Crippen LogP contribution in [-0.2, 0) is 55.8 Å². The Hall–Kier alpha value is -4.57. The number of carbonyl (C=O) groups excluding carboxylic acids is 3. The number of carbonyl (C=O) groups is 3. The van der Waals surface area contributed by atoms with Crippen molar-refractivity contribution in [2.45, 2.75) is 360 Å². The van der Waals surface area contributed by atoms with Gasteiger partial charge in [-0.05, 0) is 141 Å². The van der Waals surface area contributed by atoms with E-state index in [9.17, 15) is 43.5 Å². The first-order valence-corrected chi connectivity index (χ1v) is 45.1. The number of ether oxygens (including phenoxy) is 3. The average molecular weight is 1540 g/mol. The second kappa shape index (κ2) is 80.9. The first-order chi connectivity index (χ1) is 52.2. The first-order valence-electron chi connectivity index (χ1n) is 42.1. The van der Waals surface area contributed by atoms with E-state index in [2.05, 4.69) is 167 Å². The average Bonchev–Trinajstić information content (AvgIpc) is 0.909. The number of aliphatic hydroxyl groups excluding tert-OH is 2. The van der Waals surface area contributed by atoms with Crippen LogP contribution in [0.25, 0.3) is 0 Å². The summed E-state index contributed by atoms with van der Waals surface area (Å²) in [6, 6.07) is 0. The molecular formula is C89H152O16P2. The zero-order chi connectivity index (χ0) is 78.0. The summed E-state index contributed by atoms with van der Waals surface area (Å²) in [5, 5.41) is 20.7. The van der Waals surface area contributed by atoms with Crippen LogP contribution < -0.4 is 0 Å². The highest BCUT2D eigenvalue weighted by Crippen LogP contribution is 2.45. The zero-order valence-electron chi connectivity index (χ0n) is 67.3. The van der Waals surface area contributed by atoms with Crippen LogP contribution in [0.5, 0.6) is 0 Å². The third kappa shape index (κ3) is 82.2. The maximum Gasteiger partial charge on any atom is 0.472 e. The molecule has 4 N–H and O–H groups in total. The Balaban J connectivity index is 4.54. The number of allylic oxidation sites excluding steroid dienone is 24. The molecule has 107 heavy (non-hydrogen) atoms. The highest BCUT2D eigenvalue weighted by Gasteiger charge is 2.29. The standard InChI is InChI=1S/C89H152O16P2/c1-4-7-10-13-16-19-22-25-28-31-33-35-37-38-39-40-41-42-43-44-46-48-49-52-54-57-60-63-66-69-72-75-87(92)99-78-84(90)79-101-106(95,96)102-80-85(91)81-103-107(97,98)104-83-86(105-89(94)77-74-71-68-65-62-59-56-51-30-27-24-21-18-15-12-9-6-3)82-100-88(93)76-73-70-67-64-61-58-55-53-50-47-45-36-34-32-29-26-23-20-17-14-11-8-5-2/h7,9-10,12,16-21,25-30,33-36,38-39,47,50,84-86,90-91H,4-6,8,11,13-15,22-24,31-32,37,40-46,48-49,51-83H2,1-3H3,(H,95,96)(H,97,98)/b10-7-,12-9-,19-16-,20-17-,21-18-,28-25-,29-26-,30-27-,35-33-,36-34-,39-38-,50-47-. The van der Waals surface area contributed by atoms with Gasteiger partial charge in [-0.25, -0.2) is 9.13 Å². The third-order valence-corrected chi connectivity index (χ3v) is 19.4. The van der Waals surface area contributed by atoms with Crippen molar-refractivity contribution >= 4 is 33.6 Å². The zero-order valence-corrected chi connectivity index (χ0v) is 69.1. The van der Waals surface area contributed by atoms with Crippen molar-refractivity contribution in [2.24, 2.45) is 0 Å². The Morgan fingerprint density at radius 1 is 0.271 bits per heavy atom. The monoisotopic (exact) mass is 1540 g/mol. The lowest BCUT2D eigenvalue weighted by Gasteiger charge is -2.21. The van der Waals surface area contributed by atoms with E-state index in [4.69, 9.17) is 32.3 Å². The normalized spacial score (nSPS) is 14.6. The van der Waals surface area contributed by atoms with Gasteiger partial charge in [-0.1, -0.05) is 327 Å². The van der Waals surface area contributed by atoms with Gasteiger partial charge in [0, 0.05) is 19.3 Å². The van der Waals surface area contributed by atoms with Crippen LogP contribution in [0.4, 0.5) is 0 Å². The van der Waals surface area contributed by atoms with Crippen LogP contribution in [0.2, 0.25) is 0 Å². The molecule has 0 aromatic carbocycles. The molecule has 0 saturated carbocycles. The molecular weight excluding hydrogens is 1390 g/mol. The molecule has 0 radical (unpaired) electrons. The molecule has 0 aromatic rings. The van der Waals surface area contributed by atoms with Crippen molar-refractivity contribution in [3.63, 3.8) is 0 Å². The lowest BCUT2D eigenvalue weighted by molar-refractivity contribution is -0.161. The fourth-order valence-corrected chi connectivity index (χ4v) is 12.8. The minimum Gasteiger partial charge on any atom is -0.463 e. The minimum atomic E-state index is -4.94. The fraction of sp³-hybridized carbons (Fsp3) is 0.697. The molecule has 0 fully saturated rings. The van der Waals surface area contributed by atoms with E-state index >= 15 is 0 Å². The maximum absolute atomic E-state index is 13.0. The van der Waals surface area contributed by atoms with E-state index in [1.54, 1.807) is 0 Å². The second-order valence-electron chi connectivity index (χ2n) is 27.9. The molecule has 0 heterocycles. The van der Waals surface area contributed by atoms with Gasteiger partial charge in [-0.15, -0.1) is 0 Å². The van der Waals surface area contributed by atoms with E-state index in [1.165, 1.54) is 103 Å². The van der Waals surface area contributed by atoms with Crippen molar-refractivity contribution < 1.29 is 75.8 Å². The van der Waals surface area contributed by atoms with Gasteiger partial charge in [0.2, 0.25) is 0 Å². The number of rotatable bonds is 79. The molecule has 0 spiro atoms. The Labute approximate surface area is 651 Å². The Bertz CT molecular complexity index is 2530. The van der Waals surface area contributed by atoms with Gasteiger partial charge in [0.15, 0.2) is 6.10 Å². The number of hydrogen-bond acceptors (Lipinski definition) is 14. The number of unbranched alkanes of at least 4 members (excludes halogenated alkanes) is 32. The largest absolute Gasteiger partial charge is 0.472 e. The topological polar surface area (TPSA) is 231 Å². The van der Waals surface area contributed by atoms with Crippen molar-refractivity contribution in [3.05, 3.63) is 146 Å². The number of phosphoric acid groups is 2. The van der Waals surface area contributed by atoms with Crippen molar-refractivity contribution in [1.82, 2.24) is 0 Å². The number of aliphatic hydroxyl groups is 2. The Morgan fingerprint density at radius 3 is 0.785 bits per heavy atom. The van der Waals surface area contributed by atoms with Gasteiger partial charge < -0.3 is 34.2 Å². The SMILES string of the molecule is CC/C=C\C/C=C\C/C=C\C/C=C\C/C=C\CCCCCCCCCCCCCCCCCC(=O)OCC(O)COP(=O)(O)OCC(O)COP(=O)(O)OCC(COC(=O)CCCCCCCCC/C=C\C/C=C\C/C=C\C/C=C\CCCCC)OC(=O)CCCCCCCCC/C=C\C/C=C\C/C=C\CC. The molecule has 614 valence electrons. The summed E-state index contributed by atoms with van der Waals surface area (Å²) in [4.78, 5) is 58.8. The number of hydrogen-bond donors (Lipinski definition) is 4. The molecule has 0 aliphatic rings. The van der Waals surface area contributed by atoms with Crippen molar-refractivity contribution in [2.75, 3.05) is 39.6 Å². The predicted molar refractivity (Wildman–Crippen MR) is 445 cm³/mol. The molecule has 0 bridgehead atoms. The van der Waals surface area contributed by atoms with Crippen molar-refractivity contribution in [1.29, 1.82) is 0 Å². The van der Waals surface area contributed by atoms with Crippen LogP contribution in [-0.4, -0.2) is 95.9 Å². The molecule has 0 amide bonds. The summed E-state index contributed by atoms with van der Waals surface area (Å²) in [5.41, 5.74) is 0. The van der Waals surface area contributed by atoms with E-state index in [-0.39, 0.29) is 19.3 Å². The van der Waals surface area contributed by atoms with Crippen LogP contribution in [0.1, 0.15) is 342 Å². The first kappa shape index (κ1) is 102. The molecule has 0 aliphatic carbocycles. The lowest BCUT2D eigenvalue weighted by Crippen LogP contribution is -2.30. The van der Waals surface area contributed by atoms with Crippen LogP contribution >= 0.6 is 15.6 Å². The quantitative estimate of drug-likeness (QED) is 0.0146. The van der Waals surface area contributed by atoms with Crippen LogP contribution in [0.15, 0.2) is 146 Å². The van der Waals surface area contributed by atoms with E-state index < -0.39 is 91.5 Å². The number of phosphoric ester groups is 2. The summed E-state index contributed by atoms with van der Waals surface area (Å²) < 4.78 is 61.3. The predicted octanol–water partition coefficient (Wildman–Crippen LogP) is 25.2. The molecule has 0 aliphatic heterocycles. The molecule has 5 unspecified atom stereocenters. The number of esters is 3. The molecule has 18 heteroatoms. The van der Waals surface area contributed by atoms with E-state index in [1.807, 2.05) is 0 Å². The van der Waals surface area contributed by atoms with Crippen LogP contribution in [0.3, 0.4) is 0 Å². The third-order valence-electron chi connectivity index (χ3n) is 17.5. The molecule has 0 rings (SSSR count). The maximum atomic E-state index is 13.0. The van der Waals surface area contributed by atoms with E-state index in [0.29, 0.717) is 19.3 Å². The molecule has 16 nitrogen and oxygen atoms in total. The smallest absolute Gasteiger partial charge is 0.463 e. The highest BCUT2D eigenvalue weighted by molar-refractivity contribution is 7.47. The summed E-state index contributed by atoms with van der Waals surface area (Å²) in [6.45, 7) is 2.43. The molecule has 0 saturated heterocycles. The highest BCUT2D eigenvalue weighted by atomic mass is 31.2. The summed E-state index contributed by atoms with van der Waals surface area (Å²) in [7, 11) is -9.81. The fourth-order valence-electron chi connectivity index (χ4n) is 11.2. The van der Waals surface area contributed by atoms with Gasteiger partial charge in [0.25, 0.3) is 0 Å². The van der Waals surface area contributed by atoms with Gasteiger partial charge in [0.05, 0.1) is 26.4 Å². The van der Waals surface area contributed by atoms with Gasteiger partial charge in [-0.2, -0.15) is 0 Å². The second-order valence-corrected chi connectivity index (χ2v) is 30.8.